The zero-order valence-electron chi connectivity index (χ0n) is 10.8. The lowest BCUT2D eigenvalue weighted by Crippen LogP contribution is -2.55. The zero-order chi connectivity index (χ0) is 13.1. The van der Waals surface area contributed by atoms with Crippen molar-refractivity contribution < 1.29 is 4.79 Å². The van der Waals surface area contributed by atoms with Crippen molar-refractivity contribution in [3.63, 3.8) is 0 Å². The predicted molar refractivity (Wildman–Crippen MR) is 76.3 cm³/mol. The highest BCUT2D eigenvalue weighted by Crippen LogP contribution is 2.20. The summed E-state index contributed by atoms with van der Waals surface area (Å²) >= 11 is 7.49. The number of halogens is 1. The Morgan fingerprint density at radius 3 is 2.72 bits per heavy atom. The molecule has 2 heterocycles. The van der Waals surface area contributed by atoms with Gasteiger partial charge < -0.3 is 10.2 Å². The van der Waals surface area contributed by atoms with Crippen LogP contribution in [0.5, 0.6) is 0 Å². The third-order valence-electron chi connectivity index (χ3n) is 3.12. The molecule has 0 radical (unpaired) electrons. The summed E-state index contributed by atoms with van der Waals surface area (Å²) in [5.74, 6) is 0.250. The van der Waals surface area contributed by atoms with Crippen LogP contribution in [-0.4, -0.2) is 36.0 Å². The van der Waals surface area contributed by atoms with E-state index in [1.807, 2.05) is 16.3 Å². The Morgan fingerprint density at radius 2 is 2.17 bits per heavy atom. The van der Waals surface area contributed by atoms with E-state index in [0.29, 0.717) is 18.5 Å². The van der Waals surface area contributed by atoms with Crippen LogP contribution in [0, 0.1) is 0 Å². The second-order valence-corrected chi connectivity index (χ2v) is 6.43. The van der Waals surface area contributed by atoms with Crippen molar-refractivity contribution in [2.45, 2.75) is 38.8 Å². The molecule has 0 bridgehead atoms. The Kier molecular flexibility index (Phi) is 4.65. The molecule has 1 fully saturated rings. The molecule has 100 valence electrons. The maximum atomic E-state index is 12.1. The van der Waals surface area contributed by atoms with Gasteiger partial charge >= 0.3 is 0 Å². The fraction of sp³-hybridized carbons (Fsp3) is 0.615. The number of thiophene rings is 1. The quantitative estimate of drug-likeness (QED) is 0.926. The molecular formula is C13H19ClN2OS. The summed E-state index contributed by atoms with van der Waals surface area (Å²) in [6, 6.07) is 2.71. The number of hydrogen-bond donors (Lipinski definition) is 1. The Bertz CT molecular complexity index is 411. The molecule has 18 heavy (non-hydrogen) atoms. The first-order valence-electron chi connectivity index (χ1n) is 6.31. The van der Waals surface area contributed by atoms with Crippen molar-refractivity contribution in [3.05, 3.63) is 21.3 Å². The van der Waals surface area contributed by atoms with Crippen LogP contribution in [-0.2, 0) is 11.2 Å². The number of carbonyl (C=O) groups is 1. The number of nitrogens with zero attached hydrogens (tertiary/aromatic N) is 1. The Hall–Kier alpha value is -0.580. The molecule has 0 spiro atoms. The molecule has 1 saturated heterocycles. The van der Waals surface area contributed by atoms with Gasteiger partial charge in [-0.1, -0.05) is 11.6 Å². The average Bonchev–Trinajstić information content (AvgIpc) is 2.70. The van der Waals surface area contributed by atoms with Gasteiger partial charge in [0.15, 0.2) is 0 Å². The van der Waals surface area contributed by atoms with Crippen LogP contribution in [0.3, 0.4) is 0 Å². The van der Waals surface area contributed by atoms with E-state index in [2.05, 4.69) is 19.2 Å². The van der Waals surface area contributed by atoms with Gasteiger partial charge in [0.1, 0.15) is 0 Å². The van der Waals surface area contributed by atoms with Gasteiger partial charge in [0.25, 0.3) is 0 Å². The molecule has 5 heteroatoms. The Labute approximate surface area is 117 Å². The Morgan fingerprint density at radius 1 is 1.50 bits per heavy atom. The lowest BCUT2D eigenvalue weighted by molar-refractivity contribution is -0.132. The highest BCUT2D eigenvalue weighted by Gasteiger charge is 2.24. The molecule has 3 nitrogen and oxygen atoms in total. The molecule has 2 atom stereocenters. The van der Waals surface area contributed by atoms with Crippen molar-refractivity contribution in [1.82, 2.24) is 10.2 Å². The molecule has 0 unspecified atom stereocenters. The van der Waals surface area contributed by atoms with Gasteiger partial charge in [0, 0.05) is 41.9 Å². The number of carbonyl (C=O) groups excluding carboxylic acids is 1. The maximum absolute atomic E-state index is 12.1. The van der Waals surface area contributed by atoms with Crippen LogP contribution in [0.25, 0.3) is 0 Å². The number of nitrogens with one attached hydrogen (secondary N) is 1. The molecular weight excluding hydrogens is 268 g/mol. The molecule has 1 amide bonds. The summed E-state index contributed by atoms with van der Waals surface area (Å²) in [5.41, 5.74) is 0. The van der Waals surface area contributed by atoms with Crippen molar-refractivity contribution in [2.24, 2.45) is 0 Å². The first-order valence-corrected chi connectivity index (χ1v) is 7.57. The molecule has 1 N–H and O–H groups in total. The van der Waals surface area contributed by atoms with Gasteiger partial charge in [-0.3, -0.25) is 4.79 Å². The Balaban J connectivity index is 1.84. The van der Waals surface area contributed by atoms with Gasteiger partial charge in [0.05, 0.1) is 5.02 Å². The lowest BCUT2D eigenvalue weighted by Gasteiger charge is -2.36. The van der Waals surface area contributed by atoms with Crippen molar-refractivity contribution >= 4 is 28.8 Å². The van der Waals surface area contributed by atoms with E-state index >= 15 is 0 Å². The molecule has 0 saturated carbocycles. The molecule has 1 aliphatic rings. The highest BCUT2D eigenvalue weighted by atomic mass is 35.5. The fourth-order valence-electron chi connectivity index (χ4n) is 2.40. The smallest absolute Gasteiger partial charge is 0.223 e. The third-order valence-corrected chi connectivity index (χ3v) is 4.46. The van der Waals surface area contributed by atoms with Crippen LogP contribution >= 0.6 is 22.9 Å². The summed E-state index contributed by atoms with van der Waals surface area (Å²) < 4.78 is 0. The third kappa shape index (κ3) is 3.70. The van der Waals surface area contributed by atoms with Crippen molar-refractivity contribution in [1.29, 1.82) is 0 Å². The normalized spacial score (nSPS) is 24.3. The van der Waals surface area contributed by atoms with E-state index < -0.39 is 0 Å². The zero-order valence-corrected chi connectivity index (χ0v) is 12.4. The lowest BCUT2D eigenvalue weighted by atomic mass is 10.1. The summed E-state index contributed by atoms with van der Waals surface area (Å²) in [6.07, 6.45) is 1.37. The van der Waals surface area contributed by atoms with E-state index in [0.717, 1.165) is 24.5 Å². The minimum absolute atomic E-state index is 0.250. The summed E-state index contributed by atoms with van der Waals surface area (Å²) in [7, 11) is 0. The molecule has 0 aromatic carbocycles. The van der Waals surface area contributed by atoms with E-state index in [1.165, 1.54) is 4.88 Å². The predicted octanol–water partition coefficient (Wildman–Crippen LogP) is 2.54. The molecule has 1 aromatic rings. The molecule has 2 rings (SSSR count). The van der Waals surface area contributed by atoms with Crippen LogP contribution in [0.15, 0.2) is 11.4 Å². The molecule has 1 aliphatic heterocycles. The number of aryl methyl sites for hydroxylation is 1. The standard InChI is InChI=1S/C13H19ClN2OS/c1-9-6-16(7-10(2)15-9)13(17)4-3-12-5-11(14)8-18-12/h5,8-10,15H,3-4,6-7H2,1-2H3/t9-,10-/m1/s1. The highest BCUT2D eigenvalue weighted by molar-refractivity contribution is 7.10. The number of hydrogen-bond acceptors (Lipinski definition) is 3. The van der Waals surface area contributed by atoms with E-state index in [9.17, 15) is 4.79 Å². The van der Waals surface area contributed by atoms with Gasteiger partial charge in [-0.05, 0) is 26.3 Å². The second kappa shape index (κ2) is 6.04. The van der Waals surface area contributed by atoms with Crippen molar-refractivity contribution in [3.8, 4) is 0 Å². The van der Waals surface area contributed by atoms with Gasteiger partial charge in [0.2, 0.25) is 5.91 Å². The SMILES string of the molecule is C[C@@H]1CN(C(=O)CCc2cc(Cl)cs2)C[C@@H](C)N1. The summed E-state index contributed by atoms with van der Waals surface area (Å²) in [5, 5.41) is 6.12. The van der Waals surface area contributed by atoms with E-state index in [-0.39, 0.29) is 5.91 Å². The summed E-state index contributed by atoms with van der Waals surface area (Å²) in [4.78, 5) is 15.3. The number of rotatable bonds is 3. The monoisotopic (exact) mass is 286 g/mol. The van der Waals surface area contributed by atoms with Crippen LogP contribution < -0.4 is 5.32 Å². The van der Waals surface area contributed by atoms with Gasteiger partial charge in [-0.2, -0.15) is 0 Å². The second-order valence-electron chi connectivity index (χ2n) is 5.00. The minimum Gasteiger partial charge on any atom is -0.340 e. The summed E-state index contributed by atoms with van der Waals surface area (Å²) in [6.45, 7) is 5.87. The average molecular weight is 287 g/mol. The largest absolute Gasteiger partial charge is 0.340 e. The van der Waals surface area contributed by atoms with Crippen LogP contribution in [0.4, 0.5) is 0 Å². The number of piperazine rings is 1. The van der Waals surface area contributed by atoms with E-state index in [4.69, 9.17) is 11.6 Å². The fourth-order valence-corrected chi connectivity index (χ4v) is 3.48. The van der Waals surface area contributed by atoms with Gasteiger partial charge in [-0.15, -0.1) is 11.3 Å². The van der Waals surface area contributed by atoms with Crippen LogP contribution in [0.2, 0.25) is 5.02 Å². The minimum atomic E-state index is 0.250. The maximum Gasteiger partial charge on any atom is 0.223 e. The topological polar surface area (TPSA) is 32.3 Å². The van der Waals surface area contributed by atoms with E-state index in [1.54, 1.807) is 11.3 Å². The van der Waals surface area contributed by atoms with Crippen molar-refractivity contribution in [2.75, 3.05) is 13.1 Å². The van der Waals surface area contributed by atoms with Gasteiger partial charge in [-0.25, -0.2) is 0 Å². The molecule has 0 aliphatic carbocycles. The number of amides is 1. The van der Waals surface area contributed by atoms with Crippen LogP contribution in [0.1, 0.15) is 25.1 Å². The molecule has 1 aromatic heterocycles. The first kappa shape index (κ1) is 13.8. The first-order chi connectivity index (χ1) is 8.54.